The summed E-state index contributed by atoms with van der Waals surface area (Å²) in [4.78, 5) is 16.0. The second-order valence-corrected chi connectivity index (χ2v) is 17.9. The number of carbonyl (C=O) groups is 1. The van der Waals surface area contributed by atoms with Crippen molar-refractivity contribution in [2.24, 2.45) is 58.3 Å². The van der Waals surface area contributed by atoms with Gasteiger partial charge in [-0.1, -0.05) is 155 Å². The number of hydrogen-bond donors (Lipinski definition) is 1. The summed E-state index contributed by atoms with van der Waals surface area (Å²) in [5.74, 6) is 8.40. The fraction of sp³-hybridized carbons (Fsp3) is 0.956. The molecule has 278 valence electrons. The molecule has 4 rings (SSSR count). The van der Waals surface area contributed by atoms with Crippen molar-refractivity contribution in [3.63, 3.8) is 0 Å². The van der Waals surface area contributed by atoms with E-state index in [9.17, 15) is 9.90 Å². The molecule has 4 fully saturated rings. The molecular weight excluding hydrogens is 587 g/mol. The quantitative estimate of drug-likeness (QED) is 0.0559. The van der Waals surface area contributed by atoms with Crippen molar-refractivity contribution in [3.05, 3.63) is 0 Å². The summed E-state index contributed by atoms with van der Waals surface area (Å²) in [7, 11) is 1.81. The molecule has 0 radical (unpaired) electrons. The lowest BCUT2D eigenvalue weighted by molar-refractivity contribution is -0.135. The number of aliphatic carboxylic acids is 1. The predicted octanol–water partition coefficient (Wildman–Crippen LogP) is 13.9. The highest BCUT2D eigenvalue weighted by Gasteiger charge is 2.45. The van der Waals surface area contributed by atoms with Crippen LogP contribution in [0.25, 0.3) is 0 Å². The summed E-state index contributed by atoms with van der Waals surface area (Å²) in [5, 5.41) is 9.48. The summed E-state index contributed by atoms with van der Waals surface area (Å²) in [6.45, 7) is 4.64. The fourth-order valence-corrected chi connectivity index (χ4v) is 9.95. The molecule has 8 atom stereocenters. The molecule has 0 heterocycles. The average molecular weight is 668 g/mol. The summed E-state index contributed by atoms with van der Waals surface area (Å²) in [6.07, 6.45) is 42.5. The van der Waals surface area contributed by atoms with E-state index in [-0.39, 0.29) is 6.42 Å². The summed E-state index contributed by atoms with van der Waals surface area (Å²) >= 11 is 0. The van der Waals surface area contributed by atoms with Gasteiger partial charge in [-0.3, -0.25) is 9.79 Å². The van der Waals surface area contributed by atoms with Gasteiger partial charge in [-0.2, -0.15) is 0 Å². The molecule has 1 N–H and O–H groups in total. The van der Waals surface area contributed by atoms with Gasteiger partial charge in [0.1, 0.15) is 0 Å². The number of aliphatic imine (C=N–C) groups is 1. The summed E-state index contributed by atoms with van der Waals surface area (Å²) in [6, 6.07) is 0. The standard InChI is InChI=1S/C45H81NO2/c1-4-6-16-24-36-28-40(36)32-42-30-38(42)26-20-14-10-8-12-18-22-35(44(46-3)34-45(47)48)23-19-13-9-11-15-21-27-39-31-43(39)33-41-29-37(41)25-17-7-5-2/h35-43H,4-34H2,1-3H3,(H,47,48). The van der Waals surface area contributed by atoms with Crippen LogP contribution >= 0.6 is 0 Å². The Kier molecular flexibility index (Phi) is 19.0. The number of rotatable bonds is 33. The smallest absolute Gasteiger partial charge is 0.309 e. The van der Waals surface area contributed by atoms with E-state index in [4.69, 9.17) is 0 Å². The van der Waals surface area contributed by atoms with Gasteiger partial charge in [-0.05, 0) is 105 Å². The van der Waals surface area contributed by atoms with Crippen LogP contribution in [0.15, 0.2) is 4.99 Å². The second kappa shape index (κ2) is 22.9. The number of unbranched alkanes of at least 4 members (excludes halogenated alkanes) is 14. The van der Waals surface area contributed by atoms with E-state index in [1.165, 1.54) is 154 Å². The largest absolute Gasteiger partial charge is 0.481 e. The lowest BCUT2D eigenvalue weighted by Gasteiger charge is -2.18. The summed E-state index contributed by atoms with van der Waals surface area (Å²) < 4.78 is 0. The second-order valence-electron chi connectivity index (χ2n) is 17.9. The van der Waals surface area contributed by atoms with E-state index >= 15 is 0 Å². The molecule has 0 aromatic rings. The first-order valence-corrected chi connectivity index (χ1v) is 22.2. The van der Waals surface area contributed by atoms with Gasteiger partial charge in [-0.25, -0.2) is 0 Å². The van der Waals surface area contributed by atoms with Crippen molar-refractivity contribution in [1.82, 2.24) is 0 Å². The molecule has 0 aromatic heterocycles. The third kappa shape index (κ3) is 16.4. The molecule has 0 bridgehead atoms. The van der Waals surface area contributed by atoms with Gasteiger partial charge < -0.3 is 5.11 Å². The van der Waals surface area contributed by atoms with Crippen LogP contribution in [0.5, 0.6) is 0 Å². The van der Waals surface area contributed by atoms with Crippen LogP contribution in [-0.2, 0) is 4.79 Å². The Morgan fingerprint density at radius 3 is 1.19 bits per heavy atom. The Morgan fingerprint density at radius 2 is 0.854 bits per heavy atom. The maximum atomic E-state index is 11.5. The molecule has 8 unspecified atom stereocenters. The number of carboxylic acid groups (broad SMARTS) is 1. The Bertz CT molecular complexity index is 841. The van der Waals surface area contributed by atoms with Gasteiger partial charge >= 0.3 is 5.97 Å². The van der Waals surface area contributed by atoms with Gasteiger partial charge in [0, 0.05) is 12.8 Å². The normalized spacial score (nSPS) is 29.6. The van der Waals surface area contributed by atoms with Crippen LogP contribution in [0.1, 0.15) is 213 Å². The Morgan fingerprint density at radius 1 is 0.521 bits per heavy atom. The Hall–Kier alpha value is -0.860. The Balaban J connectivity index is 0.947. The van der Waals surface area contributed by atoms with Crippen molar-refractivity contribution >= 4 is 11.7 Å². The van der Waals surface area contributed by atoms with E-state index in [0.29, 0.717) is 5.92 Å². The molecule has 3 nitrogen and oxygen atoms in total. The molecule has 4 saturated carbocycles. The van der Waals surface area contributed by atoms with Crippen LogP contribution in [0.4, 0.5) is 0 Å². The topological polar surface area (TPSA) is 49.7 Å². The molecular formula is C45H81NO2. The fourth-order valence-electron chi connectivity index (χ4n) is 9.95. The zero-order valence-corrected chi connectivity index (χ0v) is 32.4. The van der Waals surface area contributed by atoms with E-state index in [0.717, 1.165) is 65.9 Å². The van der Waals surface area contributed by atoms with Gasteiger partial charge in [0.05, 0.1) is 6.42 Å². The third-order valence-corrected chi connectivity index (χ3v) is 13.7. The first-order chi connectivity index (χ1) is 23.5. The van der Waals surface area contributed by atoms with Gasteiger partial charge in [-0.15, -0.1) is 0 Å². The molecule has 4 aliphatic carbocycles. The molecule has 3 heteroatoms. The molecule has 0 spiro atoms. The maximum absolute atomic E-state index is 11.5. The van der Waals surface area contributed by atoms with Crippen molar-refractivity contribution in [3.8, 4) is 0 Å². The average Bonchev–Trinajstić information content (AvgIpc) is 3.90. The highest BCUT2D eigenvalue weighted by Crippen LogP contribution is 2.55. The van der Waals surface area contributed by atoms with E-state index < -0.39 is 5.97 Å². The van der Waals surface area contributed by atoms with Crippen LogP contribution < -0.4 is 0 Å². The SMILES string of the molecule is CCCCCC1CC1CC1CC1CCCCCCCCC(CCCCCCCCC1CC1CC1CC1CCCCC)C(CC(=O)O)=NC. The van der Waals surface area contributed by atoms with E-state index in [1.54, 1.807) is 25.7 Å². The zero-order chi connectivity index (χ0) is 34.0. The zero-order valence-electron chi connectivity index (χ0n) is 32.4. The van der Waals surface area contributed by atoms with Crippen LogP contribution in [0.2, 0.25) is 0 Å². The Labute approximate surface area is 299 Å². The highest BCUT2D eigenvalue weighted by molar-refractivity contribution is 5.99. The van der Waals surface area contributed by atoms with Gasteiger partial charge in [0.2, 0.25) is 0 Å². The minimum absolute atomic E-state index is 0.131. The lowest BCUT2D eigenvalue weighted by Crippen LogP contribution is -2.19. The van der Waals surface area contributed by atoms with Crippen LogP contribution in [0.3, 0.4) is 0 Å². The summed E-state index contributed by atoms with van der Waals surface area (Å²) in [5.41, 5.74) is 0.942. The van der Waals surface area contributed by atoms with E-state index in [2.05, 4.69) is 18.8 Å². The molecule has 0 aliphatic heterocycles. The van der Waals surface area contributed by atoms with Crippen LogP contribution in [0, 0.1) is 53.3 Å². The number of nitrogens with zero attached hydrogens (tertiary/aromatic N) is 1. The van der Waals surface area contributed by atoms with Crippen molar-refractivity contribution in [1.29, 1.82) is 0 Å². The highest BCUT2D eigenvalue weighted by atomic mass is 16.4. The third-order valence-electron chi connectivity index (χ3n) is 13.7. The number of carboxylic acids is 1. The monoisotopic (exact) mass is 668 g/mol. The van der Waals surface area contributed by atoms with Crippen molar-refractivity contribution < 1.29 is 9.90 Å². The van der Waals surface area contributed by atoms with Crippen LogP contribution in [-0.4, -0.2) is 23.8 Å². The minimum Gasteiger partial charge on any atom is -0.481 e. The molecule has 4 aliphatic rings. The molecule has 0 saturated heterocycles. The predicted molar refractivity (Wildman–Crippen MR) is 207 cm³/mol. The van der Waals surface area contributed by atoms with Crippen molar-refractivity contribution in [2.75, 3.05) is 7.05 Å². The minimum atomic E-state index is -0.718. The lowest BCUT2D eigenvalue weighted by atomic mass is 9.88. The molecule has 48 heavy (non-hydrogen) atoms. The van der Waals surface area contributed by atoms with Gasteiger partial charge in [0.25, 0.3) is 0 Å². The maximum Gasteiger partial charge on any atom is 0.309 e. The molecule has 0 aromatic carbocycles. The molecule has 0 amide bonds. The number of hydrogen-bond acceptors (Lipinski definition) is 2. The first kappa shape index (κ1) is 39.9. The van der Waals surface area contributed by atoms with Gasteiger partial charge in [0.15, 0.2) is 0 Å². The first-order valence-electron chi connectivity index (χ1n) is 22.2. The van der Waals surface area contributed by atoms with Crippen molar-refractivity contribution in [2.45, 2.75) is 213 Å². The van der Waals surface area contributed by atoms with E-state index in [1.807, 2.05) is 7.05 Å².